The quantitative estimate of drug-likeness (QED) is 0.889. The number of H-pyrrole nitrogens is 1. The Morgan fingerprint density at radius 1 is 1.29 bits per heavy atom. The molecule has 3 rings (SSSR count). The Bertz CT molecular complexity index is 849. The van der Waals surface area contributed by atoms with Crippen LogP contribution in [0.3, 0.4) is 0 Å². The number of fused-ring (bicyclic) bond motifs is 1. The molecule has 0 radical (unpaired) electrons. The number of benzene rings is 1. The number of amides is 1. The smallest absolute Gasteiger partial charge is 0.267 e. The highest BCUT2D eigenvalue weighted by molar-refractivity contribution is 7.89. The Morgan fingerprint density at radius 2 is 2.00 bits per heavy atom. The van der Waals surface area contributed by atoms with E-state index in [4.69, 9.17) is 0 Å². The van der Waals surface area contributed by atoms with E-state index < -0.39 is 10.0 Å². The number of aromatic nitrogens is 1. The molecule has 2 heterocycles. The van der Waals surface area contributed by atoms with Gasteiger partial charge in [-0.05, 0) is 49.9 Å². The molecule has 1 amide bonds. The second-order valence-corrected chi connectivity index (χ2v) is 8.32. The van der Waals surface area contributed by atoms with Crippen LogP contribution in [-0.4, -0.2) is 43.2 Å². The molecule has 2 aromatic rings. The van der Waals surface area contributed by atoms with Gasteiger partial charge in [-0.15, -0.1) is 0 Å². The van der Waals surface area contributed by atoms with Gasteiger partial charge in [-0.3, -0.25) is 4.79 Å². The van der Waals surface area contributed by atoms with Gasteiger partial charge in [-0.2, -0.15) is 4.31 Å². The summed E-state index contributed by atoms with van der Waals surface area (Å²) in [5.74, 6) is 0.381. The molecule has 0 atom stereocenters. The van der Waals surface area contributed by atoms with E-state index in [0.29, 0.717) is 31.2 Å². The zero-order valence-corrected chi connectivity index (χ0v) is 14.8. The molecule has 130 valence electrons. The molecular formula is C17H23N3O3S. The van der Waals surface area contributed by atoms with Gasteiger partial charge >= 0.3 is 0 Å². The molecule has 0 unspecified atom stereocenters. The first kappa shape index (κ1) is 17.0. The summed E-state index contributed by atoms with van der Waals surface area (Å²) in [6.07, 6.45) is 1.79. The van der Waals surface area contributed by atoms with E-state index in [1.165, 1.54) is 0 Å². The van der Waals surface area contributed by atoms with E-state index in [0.717, 1.165) is 23.7 Å². The van der Waals surface area contributed by atoms with E-state index in [1.54, 1.807) is 28.6 Å². The number of nitrogens with one attached hydrogen (secondary N) is 2. The van der Waals surface area contributed by atoms with Crippen LogP contribution in [-0.2, 0) is 10.0 Å². The summed E-state index contributed by atoms with van der Waals surface area (Å²) >= 11 is 0. The second kappa shape index (κ2) is 6.57. The molecule has 1 aromatic heterocycles. The third kappa shape index (κ3) is 3.18. The van der Waals surface area contributed by atoms with Crippen molar-refractivity contribution >= 4 is 26.8 Å². The molecule has 0 saturated carbocycles. The zero-order chi connectivity index (χ0) is 17.3. The first-order valence-electron chi connectivity index (χ1n) is 8.33. The maximum Gasteiger partial charge on any atom is 0.267 e. The van der Waals surface area contributed by atoms with Crippen LogP contribution in [0.5, 0.6) is 0 Å². The van der Waals surface area contributed by atoms with E-state index in [-0.39, 0.29) is 10.8 Å². The molecule has 0 spiro atoms. The predicted molar refractivity (Wildman–Crippen MR) is 93.5 cm³/mol. The third-order valence-corrected chi connectivity index (χ3v) is 6.45. The number of carbonyl (C=O) groups excluding carboxylic acids is 1. The van der Waals surface area contributed by atoms with Crippen LogP contribution in [0, 0.1) is 5.92 Å². The predicted octanol–water partition coefficient (Wildman–Crippen LogP) is 2.34. The number of aromatic amines is 1. The van der Waals surface area contributed by atoms with Gasteiger partial charge in [0.15, 0.2) is 0 Å². The van der Waals surface area contributed by atoms with Crippen molar-refractivity contribution in [1.29, 1.82) is 0 Å². The number of rotatable bonds is 4. The average molecular weight is 349 g/mol. The van der Waals surface area contributed by atoms with Crippen molar-refractivity contribution in [3.63, 3.8) is 0 Å². The van der Waals surface area contributed by atoms with Gasteiger partial charge < -0.3 is 10.3 Å². The Labute approximate surface area is 142 Å². The molecule has 24 heavy (non-hydrogen) atoms. The topological polar surface area (TPSA) is 82.3 Å². The lowest BCUT2D eigenvalue weighted by Crippen LogP contribution is -2.37. The maximum absolute atomic E-state index is 12.8. The van der Waals surface area contributed by atoms with Gasteiger partial charge in [0.25, 0.3) is 5.91 Å². The molecule has 7 heteroatoms. The highest BCUT2D eigenvalue weighted by atomic mass is 32.2. The summed E-state index contributed by atoms with van der Waals surface area (Å²) in [5, 5.41) is 3.45. The van der Waals surface area contributed by atoms with E-state index in [1.807, 2.05) is 6.92 Å². The van der Waals surface area contributed by atoms with Crippen LogP contribution in [0.25, 0.3) is 10.9 Å². The fourth-order valence-electron chi connectivity index (χ4n) is 3.02. The van der Waals surface area contributed by atoms with Gasteiger partial charge in [0, 0.05) is 30.5 Å². The Morgan fingerprint density at radius 3 is 2.67 bits per heavy atom. The lowest BCUT2D eigenvalue weighted by atomic mass is 10.0. The van der Waals surface area contributed by atoms with Gasteiger partial charge in [0.1, 0.15) is 5.69 Å². The Hall–Kier alpha value is -1.86. The summed E-state index contributed by atoms with van der Waals surface area (Å²) in [4.78, 5) is 15.2. The van der Waals surface area contributed by atoms with Crippen molar-refractivity contribution in [1.82, 2.24) is 14.6 Å². The van der Waals surface area contributed by atoms with Gasteiger partial charge in [-0.25, -0.2) is 8.42 Å². The number of piperidine rings is 1. The molecule has 1 fully saturated rings. The largest absolute Gasteiger partial charge is 0.351 e. The molecule has 1 saturated heterocycles. The lowest BCUT2D eigenvalue weighted by Gasteiger charge is -2.29. The fourth-order valence-corrected chi connectivity index (χ4v) is 4.53. The molecular weight excluding hydrogens is 326 g/mol. The van der Waals surface area contributed by atoms with E-state index in [2.05, 4.69) is 17.2 Å². The molecule has 0 bridgehead atoms. The number of hydrogen-bond acceptors (Lipinski definition) is 3. The van der Waals surface area contributed by atoms with Crippen LogP contribution in [0.4, 0.5) is 0 Å². The zero-order valence-electron chi connectivity index (χ0n) is 14.0. The summed E-state index contributed by atoms with van der Waals surface area (Å²) < 4.78 is 27.2. The number of carbonyl (C=O) groups is 1. The highest BCUT2D eigenvalue weighted by Crippen LogP contribution is 2.26. The first-order valence-corrected chi connectivity index (χ1v) is 9.77. The van der Waals surface area contributed by atoms with Crippen LogP contribution in [0.1, 0.15) is 37.2 Å². The minimum Gasteiger partial charge on any atom is -0.351 e. The van der Waals surface area contributed by atoms with Crippen molar-refractivity contribution in [3.8, 4) is 0 Å². The van der Waals surface area contributed by atoms with Gasteiger partial charge in [-0.1, -0.05) is 6.92 Å². The van der Waals surface area contributed by atoms with Crippen LogP contribution in [0.15, 0.2) is 29.2 Å². The van der Waals surface area contributed by atoms with Crippen molar-refractivity contribution in [2.24, 2.45) is 5.92 Å². The SMILES string of the molecule is CCNC(=O)c1cc2cc(S(=O)(=O)N3CCC(C)CC3)ccc2[nH]1. The number of hydrogen-bond donors (Lipinski definition) is 2. The summed E-state index contributed by atoms with van der Waals surface area (Å²) in [7, 11) is -3.48. The Kier molecular flexibility index (Phi) is 4.64. The van der Waals surface area contributed by atoms with Crippen molar-refractivity contribution in [2.75, 3.05) is 19.6 Å². The van der Waals surface area contributed by atoms with Crippen molar-refractivity contribution in [2.45, 2.75) is 31.6 Å². The summed E-state index contributed by atoms with van der Waals surface area (Å²) in [6, 6.07) is 6.66. The number of nitrogens with zero attached hydrogens (tertiary/aromatic N) is 1. The van der Waals surface area contributed by atoms with Crippen LogP contribution < -0.4 is 5.32 Å². The van der Waals surface area contributed by atoms with Crippen molar-refractivity contribution in [3.05, 3.63) is 30.0 Å². The normalized spacial score (nSPS) is 17.2. The molecule has 1 aliphatic rings. The fraction of sp³-hybridized carbons (Fsp3) is 0.471. The third-order valence-electron chi connectivity index (χ3n) is 4.55. The molecule has 1 aromatic carbocycles. The monoisotopic (exact) mass is 349 g/mol. The van der Waals surface area contributed by atoms with E-state index in [9.17, 15) is 13.2 Å². The molecule has 2 N–H and O–H groups in total. The molecule has 1 aliphatic heterocycles. The standard InChI is InChI=1S/C17H23N3O3S/c1-3-18-17(21)16-11-13-10-14(4-5-15(13)19-16)24(22,23)20-8-6-12(2)7-9-20/h4-5,10-12,19H,3,6-9H2,1-2H3,(H,18,21). The second-order valence-electron chi connectivity index (χ2n) is 6.38. The minimum atomic E-state index is -3.48. The molecule has 6 nitrogen and oxygen atoms in total. The Balaban J connectivity index is 1.91. The maximum atomic E-state index is 12.8. The average Bonchev–Trinajstić information content (AvgIpc) is 2.98. The van der Waals surface area contributed by atoms with E-state index >= 15 is 0 Å². The molecule has 0 aliphatic carbocycles. The summed E-state index contributed by atoms with van der Waals surface area (Å²) in [6.45, 7) is 5.68. The highest BCUT2D eigenvalue weighted by Gasteiger charge is 2.28. The van der Waals surface area contributed by atoms with Crippen molar-refractivity contribution < 1.29 is 13.2 Å². The summed E-state index contributed by atoms with van der Waals surface area (Å²) in [5.41, 5.74) is 1.19. The van der Waals surface area contributed by atoms with Gasteiger partial charge in [0.05, 0.1) is 4.90 Å². The van der Waals surface area contributed by atoms with Crippen LogP contribution in [0.2, 0.25) is 0 Å². The van der Waals surface area contributed by atoms with Gasteiger partial charge in [0.2, 0.25) is 10.0 Å². The lowest BCUT2D eigenvalue weighted by molar-refractivity contribution is 0.0951. The van der Waals surface area contributed by atoms with Crippen LogP contribution >= 0.6 is 0 Å². The number of sulfonamides is 1. The minimum absolute atomic E-state index is 0.192. The first-order chi connectivity index (χ1) is 11.4.